The number of sulfonamides is 2. The number of nitrogens with two attached hydrogens (primary N) is 1. The predicted octanol–water partition coefficient (Wildman–Crippen LogP) is 1.69. The monoisotopic (exact) mass is 495 g/mol. The van der Waals surface area contributed by atoms with Crippen molar-refractivity contribution in [2.45, 2.75) is 42.1 Å². The second kappa shape index (κ2) is 10.00. The van der Waals surface area contributed by atoms with E-state index < -0.39 is 38.0 Å². The molecule has 1 saturated heterocycles. The molecule has 0 radical (unpaired) electrons. The number of anilines is 1. The molecule has 3 N–H and O–H groups in total. The van der Waals surface area contributed by atoms with Gasteiger partial charge in [-0.15, -0.1) is 0 Å². The average Bonchev–Trinajstić information content (AvgIpc) is 2.79. The third-order valence-electron chi connectivity index (χ3n) is 5.13. The van der Waals surface area contributed by atoms with E-state index in [1.165, 1.54) is 59.8 Å². The fraction of sp³-hybridized carbons (Fsp3) is 0.333. The van der Waals surface area contributed by atoms with Gasteiger partial charge in [-0.2, -0.15) is 4.31 Å². The topological polar surface area (TPSA) is 153 Å². The molecular weight excluding hydrogens is 470 g/mol. The molecule has 10 nitrogen and oxygen atoms in total. The predicted molar refractivity (Wildman–Crippen MR) is 120 cm³/mol. The van der Waals surface area contributed by atoms with Crippen molar-refractivity contribution in [3.63, 3.8) is 0 Å². The molecule has 0 saturated carbocycles. The van der Waals surface area contributed by atoms with E-state index >= 15 is 0 Å². The molecule has 1 fully saturated rings. The molecule has 0 bridgehead atoms. The van der Waals surface area contributed by atoms with E-state index in [4.69, 9.17) is 9.88 Å². The Morgan fingerprint density at radius 2 is 1.61 bits per heavy atom. The highest BCUT2D eigenvalue weighted by molar-refractivity contribution is 7.89. The third kappa shape index (κ3) is 6.16. The Labute approximate surface area is 192 Å². The molecule has 1 aliphatic heterocycles. The van der Waals surface area contributed by atoms with Crippen LogP contribution in [0.1, 0.15) is 36.5 Å². The van der Waals surface area contributed by atoms with Gasteiger partial charge in [0.05, 0.1) is 15.4 Å². The molecule has 12 heteroatoms. The number of benzene rings is 2. The Kier molecular flexibility index (Phi) is 7.52. The van der Waals surface area contributed by atoms with Crippen molar-refractivity contribution in [1.82, 2.24) is 4.31 Å². The van der Waals surface area contributed by atoms with Crippen molar-refractivity contribution in [1.29, 1.82) is 0 Å². The summed E-state index contributed by atoms with van der Waals surface area (Å²) in [6, 6.07) is 10.7. The minimum Gasteiger partial charge on any atom is -0.449 e. The molecule has 178 valence electrons. The van der Waals surface area contributed by atoms with Gasteiger partial charge in [0.1, 0.15) is 0 Å². The van der Waals surface area contributed by atoms with E-state index in [2.05, 4.69) is 5.32 Å². The van der Waals surface area contributed by atoms with Crippen LogP contribution in [0.25, 0.3) is 0 Å². The number of nitrogens with one attached hydrogen (secondary N) is 1. The number of nitrogens with zero attached hydrogens (tertiary/aromatic N) is 1. The van der Waals surface area contributed by atoms with Crippen molar-refractivity contribution in [2.75, 3.05) is 18.4 Å². The van der Waals surface area contributed by atoms with Crippen LogP contribution >= 0.6 is 0 Å². The highest BCUT2D eigenvalue weighted by atomic mass is 32.2. The molecule has 0 unspecified atom stereocenters. The van der Waals surface area contributed by atoms with Gasteiger partial charge >= 0.3 is 5.97 Å². The van der Waals surface area contributed by atoms with E-state index in [-0.39, 0.29) is 21.0 Å². The van der Waals surface area contributed by atoms with Gasteiger partial charge in [0.25, 0.3) is 5.91 Å². The minimum absolute atomic E-state index is 0.00485. The number of carbonyl (C=O) groups excluding carboxylic acids is 2. The second-order valence-electron chi connectivity index (χ2n) is 7.60. The molecule has 2 aromatic carbocycles. The Balaban J connectivity index is 1.65. The van der Waals surface area contributed by atoms with Gasteiger partial charge in [-0.05, 0) is 62.2 Å². The van der Waals surface area contributed by atoms with Crippen molar-refractivity contribution in [3.8, 4) is 0 Å². The quantitative estimate of drug-likeness (QED) is 0.554. The van der Waals surface area contributed by atoms with Gasteiger partial charge in [-0.1, -0.05) is 12.5 Å². The zero-order valence-electron chi connectivity index (χ0n) is 17.9. The number of primary sulfonamides is 1. The van der Waals surface area contributed by atoms with Gasteiger partial charge in [0.15, 0.2) is 6.10 Å². The highest BCUT2D eigenvalue weighted by Crippen LogP contribution is 2.22. The summed E-state index contributed by atoms with van der Waals surface area (Å²) in [5.41, 5.74) is 0.287. The highest BCUT2D eigenvalue weighted by Gasteiger charge is 2.27. The number of ether oxygens (including phenoxy) is 1. The number of hydrogen-bond acceptors (Lipinski definition) is 7. The lowest BCUT2D eigenvalue weighted by atomic mass is 10.2. The summed E-state index contributed by atoms with van der Waals surface area (Å²) in [7, 11) is -7.58. The van der Waals surface area contributed by atoms with Gasteiger partial charge in [-0.25, -0.2) is 26.8 Å². The summed E-state index contributed by atoms with van der Waals surface area (Å²) in [6.07, 6.45) is 1.36. The summed E-state index contributed by atoms with van der Waals surface area (Å²) in [6.45, 7) is 2.24. The maximum absolute atomic E-state index is 12.8. The van der Waals surface area contributed by atoms with Crippen LogP contribution in [0.3, 0.4) is 0 Å². The molecule has 0 aromatic heterocycles. The molecule has 1 amide bonds. The number of hydrogen-bond donors (Lipinski definition) is 2. The summed E-state index contributed by atoms with van der Waals surface area (Å²) in [4.78, 5) is 24.8. The maximum atomic E-state index is 12.8. The summed E-state index contributed by atoms with van der Waals surface area (Å²) in [5.74, 6) is -1.50. The van der Waals surface area contributed by atoms with E-state index in [1.807, 2.05) is 0 Å². The first kappa shape index (κ1) is 24.8. The maximum Gasteiger partial charge on any atom is 0.338 e. The lowest BCUT2D eigenvalue weighted by Gasteiger charge is -2.26. The zero-order chi connectivity index (χ0) is 24.2. The van der Waals surface area contributed by atoms with Crippen LogP contribution < -0.4 is 10.5 Å². The fourth-order valence-electron chi connectivity index (χ4n) is 3.29. The lowest BCUT2D eigenvalue weighted by Crippen LogP contribution is -2.35. The Hall–Kier alpha value is -2.80. The summed E-state index contributed by atoms with van der Waals surface area (Å²) >= 11 is 0. The number of esters is 1. The van der Waals surface area contributed by atoms with E-state index in [0.717, 1.165) is 19.3 Å². The van der Waals surface area contributed by atoms with Crippen LogP contribution in [0, 0.1) is 0 Å². The number of piperidine rings is 1. The van der Waals surface area contributed by atoms with Crippen molar-refractivity contribution < 1.29 is 31.2 Å². The van der Waals surface area contributed by atoms with Crippen molar-refractivity contribution in [3.05, 3.63) is 54.1 Å². The van der Waals surface area contributed by atoms with Crippen LogP contribution in [0.5, 0.6) is 0 Å². The van der Waals surface area contributed by atoms with Gasteiger partial charge in [0, 0.05) is 18.8 Å². The molecule has 0 spiro atoms. The normalized spacial score (nSPS) is 16.1. The van der Waals surface area contributed by atoms with Crippen LogP contribution in [-0.2, 0) is 29.6 Å². The molecule has 33 heavy (non-hydrogen) atoms. The van der Waals surface area contributed by atoms with Crippen molar-refractivity contribution >= 4 is 37.6 Å². The van der Waals surface area contributed by atoms with E-state index in [9.17, 15) is 26.4 Å². The molecule has 1 aliphatic rings. The Morgan fingerprint density at radius 3 is 2.21 bits per heavy atom. The van der Waals surface area contributed by atoms with Gasteiger partial charge in [-0.3, -0.25) is 4.79 Å². The Morgan fingerprint density at radius 1 is 0.970 bits per heavy atom. The summed E-state index contributed by atoms with van der Waals surface area (Å²) in [5, 5.41) is 7.53. The molecule has 0 aliphatic carbocycles. The van der Waals surface area contributed by atoms with E-state index in [1.54, 1.807) is 0 Å². The van der Waals surface area contributed by atoms with E-state index in [0.29, 0.717) is 13.1 Å². The number of rotatable bonds is 7. The average molecular weight is 496 g/mol. The van der Waals surface area contributed by atoms with Crippen LogP contribution in [0.15, 0.2) is 58.3 Å². The molecule has 3 rings (SSSR count). The third-order valence-corrected chi connectivity index (χ3v) is 7.95. The first-order valence-corrected chi connectivity index (χ1v) is 13.2. The van der Waals surface area contributed by atoms with Gasteiger partial charge in [0.2, 0.25) is 20.0 Å². The zero-order valence-corrected chi connectivity index (χ0v) is 19.6. The van der Waals surface area contributed by atoms with Crippen LogP contribution in [-0.4, -0.2) is 52.2 Å². The first-order chi connectivity index (χ1) is 15.5. The van der Waals surface area contributed by atoms with Crippen LogP contribution in [0.2, 0.25) is 0 Å². The fourth-order valence-corrected chi connectivity index (χ4v) is 5.37. The Bertz CT molecular complexity index is 1240. The lowest BCUT2D eigenvalue weighted by molar-refractivity contribution is -0.123. The molecular formula is C21H25N3O7S2. The minimum atomic E-state index is -3.86. The smallest absolute Gasteiger partial charge is 0.338 e. The van der Waals surface area contributed by atoms with Crippen molar-refractivity contribution in [2.24, 2.45) is 5.14 Å². The molecule has 2 aromatic rings. The second-order valence-corrected chi connectivity index (χ2v) is 11.1. The number of carbonyl (C=O) groups is 2. The van der Waals surface area contributed by atoms with Crippen LogP contribution in [0.4, 0.5) is 5.69 Å². The molecule has 1 heterocycles. The first-order valence-electron chi connectivity index (χ1n) is 10.2. The standard InChI is InChI=1S/C21H25N3O7S2/c1-15(20(25)23-17-8-10-18(11-9-17)32(22,27)28)31-21(26)16-6-5-7-19(14-16)33(29,30)24-12-3-2-4-13-24/h5-11,14-15H,2-4,12-13H2,1H3,(H,23,25)(H2,22,27,28)/t15-/m0/s1. The molecule has 1 atom stereocenters. The summed E-state index contributed by atoms with van der Waals surface area (Å²) < 4.78 is 54.9. The SMILES string of the molecule is C[C@H](OC(=O)c1cccc(S(=O)(=O)N2CCCCC2)c1)C(=O)Nc1ccc(S(N)(=O)=O)cc1. The largest absolute Gasteiger partial charge is 0.449 e. The number of amides is 1. The van der Waals surface area contributed by atoms with Gasteiger partial charge < -0.3 is 10.1 Å².